The first kappa shape index (κ1) is 17.0. The van der Waals surface area contributed by atoms with Crippen LogP contribution in [0, 0.1) is 0 Å². The molecule has 21 heavy (non-hydrogen) atoms. The second kappa shape index (κ2) is 7.77. The molecule has 0 spiro atoms. The van der Waals surface area contributed by atoms with Crippen LogP contribution in [0.3, 0.4) is 0 Å². The Hall–Kier alpha value is -0.360. The molecule has 118 valence electrons. The van der Waals surface area contributed by atoms with Crippen molar-refractivity contribution in [2.75, 3.05) is 33.7 Å². The molecule has 0 saturated carbocycles. The molecule has 3 N–H and O–H groups in total. The molecule has 2 rings (SSSR count). The van der Waals surface area contributed by atoms with E-state index in [1.165, 1.54) is 6.42 Å². The van der Waals surface area contributed by atoms with Gasteiger partial charge in [-0.15, -0.1) is 0 Å². The Labute approximate surface area is 137 Å². The lowest BCUT2D eigenvalue weighted by Gasteiger charge is -2.34. The number of halogens is 2. The van der Waals surface area contributed by atoms with Gasteiger partial charge in [0.15, 0.2) is 0 Å². The Kier molecular flexibility index (Phi) is 6.29. The number of nitrogens with zero attached hydrogens (tertiary/aromatic N) is 2. The first-order valence-corrected chi connectivity index (χ1v) is 8.06. The average molecular weight is 331 g/mol. The van der Waals surface area contributed by atoms with Gasteiger partial charge in [-0.2, -0.15) is 0 Å². The molecule has 1 aromatic rings. The maximum absolute atomic E-state index is 6.31. The molecule has 6 heteroatoms. The summed E-state index contributed by atoms with van der Waals surface area (Å²) in [4.78, 5) is 4.74. The molecule has 4 nitrogen and oxygen atoms in total. The summed E-state index contributed by atoms with van der Waals surface area (Å²) in [7, 11) is 4.32. The molecule has 1 aliphatic heterocycles. The monoisotopic (exact) mass is 330 g/mol. The predicted octanol–water partition coefficient (Wildman–Crippen LogP) is 2.00. The molecule has 1 heterocycles. The Balaban J connectivity index is 2.16. The third kappa shape index (κ3) is 4.31. The SMILES string of the molecule is CN1CCCN(C)C(C(Cc2cccc(Cl)c2Cl)NN)C1. The van der Waals surface area contributed by atoms with Crippen molar-refractivity contribution in [1.29, 1.82) is 0 Å². The van der Waals surface area contributed by atoms with E-state index in [0.29, 0.717) is 16.1 Å². The Morgan fingerprint density at radius 2 is 2.10 bits per heavy atom. The van der Waals surface area contributed by atoms with Crippen LogP contribution >= 0.6 is 23.2 Å². The minimum absolute atomic E-state index is 0.131. The third-order valence-corrected chi connectivity index (χ3v) is 5.12. The molecule has 2 atom stereocenters. The van der Waals surface area contributed by atoms with Crippen LogP contribution in [0.15, 0.2) is 18.2 Å². The molecule has 0 bridgehead atoms. The quantitative estimate of drug-likeness (QED) is 0.654. The van der Waals surface area contributed by atoms with Crippen LogP contribution in [0.2, 0.25) is 10.0 Å². The lowest BCUT2D eigenvalue weighted by molar-refractivity contribution is 0.177. The van der Waals surface area contributed by atoms with Gasteiger partial charge in [0.25, 0.3) is 0 Å². The summed E-state index contributed by atoms with van der Waals surface area (Å²) >= 11 is 12.4. The van der Waals surface area contributed by atoms with Gasteiger partial charge in [0.1, 0.15) is 0 Å². The van der Waals surface area contributed by atoms with E-state index in [1.54, 1.807) is 0 Å². The standard InChI is InChI=1S/C15H24Cl2N4/c1-20-7-4-8-21(2)14(10-20)13(19-18)9-11-5-3-6-12(16)15(11)17/h3,5-6,13-14,19H,4,7-10,18H2,1-2H3. The second-order valence-corrected chi connectivity index (χ2v) is 6.64. The number of benzene rings is 1. The van der Waals surface area contributed by atoms with Gasteiger partial charge in [-0.3, -0.25) is 11.3 Å². The molecule has 2 unspecified atom stereocenters. The summed E-state index contributed by atoms with van der Waals surface area (Å²) < 4.78 is 0. The maximum atomic E-state index is 6.31. The fourth-order valence-electron chi connectivity index (χ4n) is 2.99. The molecule has 1 fully saturated rings. The van der Waals surface area contributed by atoms with Crippen LogP contribution in [0.5, 0.6) is 0 Å². The summed E-state index contributed by atoms with van der Waals surface area (Å²) in [6.45, 7) is 3.19. The van der Waals surface area contributed by atoms with Crippen molar-refractivity contribution in [2.45, 2.75) is 24.9 Å². The van der Waals surface area contributed by atoms with Gasteiger partial charge in [-0.25, -0.2) is 0 Å². The van der Waals surface area contributed by atoms with Crippen LogP contribution in [0.1, 0.15) is 12.0 Å². The third-order valence-electron chi connectivity index (χ3n) is 4.27. The molecule has 1 aromatic carbocycles. The highest BCUT2D eigenvalue weighted by molar-refractivity contribution is 6.42. The van der Waals surface area contributed by atoms with Gasteiger partial charge in [-0.1, -0.05) is 35.3 Å². The van der Waals surface area contributed by atoms with E-state index in [9.17, 15) is 0 Å². The van der Waals surface area contributed by atoms with E-state index in [4.69, 9.17) is 29.0 Å². The van der Waals surface area contributed by atoms with Crippen LogP contribution in [-0.4, -0.2) is 55.6 Å². The molecular formula is C15H24Cl2N4. The van der Waals surface area contributed by atoms with Crippen molar-refractivity contribution in [3.8, 4) is 0 Å². The zero-order valence-corrected chi connectivity index (χ0v) is 14.2. The van der Waals surface area contributed by atoms with Crippen molar-refractivity contribution in [3.05, 3.63) is 33.8 Å². The lowest BCUT2D eigenvalue weighted by Crippen LogP contribution is -2.55. The highest BCUT2D eigenvalue weighted by Crippen LogP contribution is 2.27. The maximum Gasteiger partial charge on any atom is 0.0624 e. The summed E-state index contributed by atoms with van der Waals surface area (Å²) in [5.74, 6) is 5.83. The van der Waals surface area contributed by atoms with Crippen molar-refractivity contribution < 1.29 is 0 Å². The van der Waals surface area contributed by atoms with Crippen LogP contribution in [-0.2, 0) is 6.42 Å². The van der Waals surface area contributed by atoms with Crippen molar-refractivity contribution in [3.63, 3.8) is 0 Å². The number of nitrogens with one attached hydrogen (secondary N) is 1. The van der Waals surface area contributed by atoms with Gasteiger partial charge in [0.2, 0.25) is 0 Å². The van der Waals surface area contributed by atoms with Gasteiger partial charge in [0.05, 0.1) is 10.0 Å². The topological polar surface area (TPSA) is 44.5 Å². The van der Waals surface area contributed by atoms with E-state index in [1.807, 2.05) is 18.2 Å². The van der Waals surface area contributed by atoms with Gasteiger partial charge < -0.3 is 9.80 Å². The summed E-state index contributed by atoms with van der Waals surface area (Å²) in [5, 5.41) is 1.22. The van der Waals surface area contributed by atoms with E-state index >= 15 is 0 Å². The largest absolute Gasteiger partial charge is 0.305 e. The van der Waals surface area contributed by atoms with E-state index < -0.39 is 0 Å². The smallest absolute Gasteiger partial charge is 0.0624 e. The second-order valence-electron chi connectivity index (χ2n) is 5.85. The fourth-order valence-corrected chi connectivity index (χ4v) is 3.39. The average Bonchev–Trinajstić information content (AvgIpc) is 2.62. The van der Waals surface area contributed by atoms with Crippen LogP contribution < -0.4 is 11.3 Å². The molecule has 1 aliphatic rings. The zero-order chi connectivity index (χ0) is 15.4. The summed E-state index contributed by atoms with van der Waals surface area (Å²) in [6.07, 6.45) is 1.94. The van der Waals surface area contributed by atoms with Crippen molar-refractivity contribution in [1.82, 2.24) is 15.2 Å². The Morgan fingerprint density at radius 1 is 1.33 bits per heavy atom. The van der Waals surface area contributed by atoms with Crippen LogP contribution in [0.4, 0.5) is 0 Å². The van der Waals surface area contributed by atoms with E-state index in [0.717, 1.165) is 31.6 Å². The van der Waals surface area contributed by atoms with Gasteiger partial charge in [-0.05, 0) is 51.7 Å². The van der Waals surface area contributed by atoms with Crippen molar-refractivity contribution in [2.24, 2.45) is 5.84 Å². The van der Waals surface area contributed by atoms with E-state index in [2.05, 4.69) is 29.3 Å². The molecule has 0 aromatic heterocycles. The number of hydrogen-bond donors (Lipinski definition) is 2. The van der Waals surface area contributed by atoms with Gasteiger partial charge in [0, 0.05) is 18.6 Å². The minimum Gasteiger partial charge on any atom is -0.305 e. The summed E-state index contributed by atoms with van der Waals surface area (Å²) in [6, 6.07) is 6.23. The summed E-state index contributed by atoms with van der Waals surface area (Å²) in [5.41, 5.74) is 4.01. The highest BCUT2D eigenvalue weighted by Gasteiger charge is 2.28. The first-order chi connectivity index (χ1) is 10.0. The number of hydrazine groups is 1. The molecule has 0 aliphatic carbocycles. The predicted molar refractivity (Wildman–Crippen MR) is 89.8 cm³/mol. The zero-order valence-electron chi connectivity index (χ0n) is 12.6. The number of hydrogen-bond acceptors (Lipinski definition) is 4. The van der Waals surface area contributed by atoms with Crippen molar-refractivity contribution >= 4 is 23.2 Å². The number of likely N-dealkylation sites (N-methyl/N-ethyl adjacent to an activating group) is 2. The normalized spacial score (nSPS) is 23.0. The van der Waals surface area contributed by atoms with Gasteiger partial charge >= 0.3 is 0 Å². The Bertz CT molecular complexity index is 469. The van der Waals surface area contributed by atoms with E-state index in [-0.39, 0.29) is 6.04 Å². The number of rotatable bonds is 4. The molecule has 1 saturated heterocycles. The first-order valence-electron chi connectivity index (χ1n) is 7.30. The minimum atomic E-state index is 0.131. The lowest BCUT2D eigenvalue weighted by atomic mass is 9.98. The Morgan fingerprint density at radius 3 is 2.81 bits per heavy atom. The van der Waals surface area contributed by atoms with Crippen LogP contribution in [0.25, 0.3) is 0 Å². The fraction of sp³-hybridized carbons (Fsp3) is 0.600. The number of nitrogens with two attached hydrogens (primary N) is 1. The highest BCUT2D eigenvalue weighted by atomic mass is 35.5. The molecule has 0 amide bonds. The molecular weight excluding hydrogens is 307 g/mol. The molecule has 0 radical (unpaired) electrons.